The number of amides is 2. The topological polar surface area (TPSA) is 93.9 Å². The summed E-state index contributed by atoms with van der Waals surface area (Å²) in [4.78, 5) is 25.7. The van der Waals surface area contributed by atoms with Gasteiger partial charge in [-0.1, -0.05) is 6.07 Å². The van der Waals surface area contributed by atoms with Crippen LogP contribution in [-0.2, 0) is 16.1 Å². The first-order chi connectivity index (χ1) is 12.0. The fraction of sp³-hybridized carbons (Fsp3) is 0.556. The van der Waals surface area contributed by atoms with Gasteiger partial charge in [0, 0.05) is 12.5 Å². The molecule has 0 unspecified atom stereocenters. The van der Waals surface area contributed by atoms with Crippen molar-refractivity contribution in [2.75, 3.05) is 27.3 Å². The zero-order chi connectivity index (χ0) is 18.4. The van der Waals surface area contributed by atoms with E-state index >= 15 is 0 Å². The molecular weight excluding hydrogens is 322 g/mol. The van der Waals surface area contributed by atoms with Crippen LogP contribution in [0.5, 0.6) is 11.5 Å². The second-order valence-electron chi connectivity index (χ2n) is 6.30. The van der Waals surface area contributed by atoms with Crippen molar-refractivity contribution < 1.29 is 19.1 Å². The predicted octanol–water partition coefficient (Wildman–Crippen LogP) is 0.906. The van der Waals surface area contributed by atoms with Crippen LogP contribution in [0.4, 0.5) is 0 Å². The smallest absolute Gasteiger partial charge is 0.237 e. The Bertz CT molecular complexity index is 612. The molecule has 0 aromatic heterocycles. The molecule has 3 N–H and O–H groups in total. The summed E-state index contributed by atoms with van der Waals surface area (Å²) in [5.41, 5.74) is 6.28. The monoisotopic (exact) mass is 349 g/mol. The molecule has 0 aliphatic carbocycles. The third-order valence-corrected chi connectivity index (χ3v) is 4.77. The molecule has 7 nitrogen and oxygen atoms in total. The van der Waals surface area contributed by atoms with Crippen molar-refractivity contribution in [2.45, 2.75) is 32.4 Å². The van der Waals surface area contributed by atoms with E-state index in [1.807, 2.05) is 25.1 Å². The van der Waals surface area contributed by atoms with Crippen LogP contribution in [0.2, 0.25) is 0 Å². The number of hydrogen-bond acceptors (Lipinski definition) is 5. The molecule has 0 radical (unpaired) electrons. The summed E-state index contributed by atoms with van der Waals surface area (Å²) in [6.07, 6.45) is 1.42. The molecule has 7 heteroatoms. The third kappa shape index (κ3) is 4.85. The zero-order valence-electron chi connectivity index (χ0n) is 15.1. The van der Waals surface area contributed by atoms with Crippen LogP contribution in [-0.4, -0.2) is 50.1 Å². The highest BCUT2D eigenvalue weighted by Gasteiger charge is 2.28. The molecule has 1 aliphatic rings. The molecule has 2 rings (SSSR count). The van der Waals surface area contributed by atoms with Crippen molar-refractivity contribution in [1.82, 2.24) is 10.2 Å². The van der Waals surface area contributed by atoms with Gasteiger partial charge in [0.25, 0.3) is 0 Å². The number of benzene rings is 1. The first kappa shape index (κ1) is 19.1. The molecule has 1 atom stereocenters. The van der Waals surface area contributed by atoms with Gasteiger partial charge in [-0.15, -0.1) is 0 Å². The van der Waals surface area contributed by atoms with E-state index in [-0.39, 0.29) is 23.8 Å². The number of carbonyl (C=O) groups is 2. The summed E-state index contributed by atoms with van der Waals surface area (Å²) in [5.74, 6) is 0.940. The van der Waals surface area contributed by atoms with Gasteiger partial charge in [0.1, 0.15) is 0 Å². The zero-order valence-corrected chi connectivity index (χ0v) is 15.1. The van der Waals surface area contributed by atoms with E-state index in [1.165, 1.54) is 0 Å². The second kappa shape index (κ2) is 8.71. The normalized spacial score (nSPS) is 16.9. The number of primary amides is 1. The maximum atomic E-state index is 12.4. The van der Waals surface area contributed by atoms with Gasteiger partial charge in [-0.25, -0.2) is 0 Å². The molecule has 0 bridgehead atoms. The summed E-state index contributed by atoms with van der Waals surface area (Å²) < 4.78 is 10.5. The van der Waals surface area contributed by atoms with E-state index in [0.717, 1.165) is 5.56 Å². The van der Waals surface area contributed by atoms with Crippen LogP contribution in [0.1, 0.15) is 25.3 Å². The fourth-order valence-electron chi connectivity index (χ4n) is 3.06. The molecule has 2 amide bonds. The lowest BCUT2D eigenvalue weighted by molar-refractivity contribution is -0.127. The van der Waals surface area contributed by atoms with E-state index < -0.39 is 0 Å². The SMILES string of the molecule is COc1ccc(CNC(=O)[C@@H](C)N2CCC(C(N)=O)CC2)cc1OC. The summed E-state index contributed by atoms with van der Waals surface area (Å²) >= 11 is 0. The summed E-state index contributed by atoms with van der Waals surface area (Å²) in [6, 6.07) is 5.32. The highest BCUT2D eigenvalue weighted by atomic mass is 16.5. The van der Waals surface area contributed by atoms with Crippen LogP contribution in [0.3, 0.4) is 0 Å². The highest BCUT2D eigenvalue weighted by Crippen LogP contribution is 2.27. The molecule has 1 aromatic carbocycles. The van der Waals surface area contributed by atoms with Gasteiger partial charge < -0.3 is 20.5 Å². The summed E-state index contributed by atoms with van der Waals surface area (Å²) in [6.45, 7) is 3.72. The van der Waals surface area contributed by atoms with E-state index in [4.69, 9.17) is 15.2 Å². The third-order valence-electron chi connectivity index (χ3n) is 4.77. The van der Waals surface area contributed by atoms with Crippen molar-refractivity contribution in [3.05, 3.63) is 23.8 Å². The minimum absolute atomic E-state index is 0.0349. The number of likely N-dealkylation sites (tertiary alicyclic amines) is 1. The van der Waals surface area contributed by atoms with Crippen molar-refractivity contribution in [1.29, 1.82) is 0 Å². The largest absolute Gasteiger partial charge is 0.493 e. The minimum atomic E-state index is -0.245. The van der Waals surface area contributed by atoms with Crippen LogP contribution >= 0.6 is 0 Å². The molecule has 138 valence electrons. The fourth-order valence-corrected chi connectivity index (χ4v) is 3.06. The van der Waals surface area contributed by atoms with Gasteiger partial charge in [0.15, 0.2) is 11.5 Å². The Morgan fingerprint density at radius 1 is 1.24 bits per heavy atom. The number of nitrogens with zero attached hydrogens (tertiary/aromatic N) is 1. The Labute approximate surface area is 148 Å². The Morgan fingerprint density at radius 2 is 1.88 bits per heavy atom. The number of nitrogens with two attached hydrogens (primary N) is 1. The Balaban J connectivity index is 1.86. The number of piperidine rings is 1. The van der Waals surface area contributed by atoms with E-state index in [2.05, 4.69) is 10.2 Å². The Morgan fingerprint density at radius 3 is 2.44 bits per heavy atom. The summed E-state index contributed by atoms with van der Waals surface area (Å²) in [7, 11) is 3.17. The van der Waals surface area contributed by atoms with E-state index in [1.54, 1.807) is 14.2 Å². The van der Waals surface area contributed by atoms with Crippen LogP contribution < -0.4 is 20.5 Å². The van der Waals surface area contributed by atoms with Crippen LogP contribution in [0.15, 0.2) is 18.2 Å². The van der Waals surface area contributed by atoms with Crippen LogP contribution in [0, 0.1) is 5.92 Å². The maximum absolute atomic E-state index is 12.4. The molecule has 1 aromatic rings. The van der Waals surface area contributed by atoms with E-state index in [9.17, 15) is 9.59 Å². The average Bonchev–Trinajstić information content (AvgIpc) is 2.65. The van der Waals surface area contributed by atoms with Gasteiger partial charge in [0.05, 0.1) is 20.3 Å². The van der Waals surface area contributed by atoms with Crippen molar-refractivity contribution in [2.24, 2.45) is 11.7 Å². The van der Waals surface area contributed by atoms with Gasteiger partial charge in [-0.05, 0) is 50.6 Å². The van der Waals surface area contributed by atoms with Gasteiger partial charge >= 0.3 is 0 Å². The molecule has 0 spiro atoms. The molecular formula is C18H27N3O4. The molecule has 0 saturated carbocycles. The number of hydrogen-bond donors (Lipinski definition) is 2. The standard InChI is InChI=1S/C18H27N3O4/c1-12(21-8-6-14(7-9-21)17(19)22)18(23)20-11-13-4-5-15(24-2)16(10-13)25-3/h4-5,10,12,14H,6-9,11H2,1-3H3,(H2,19,22)(H,20,23)/t12-/m1/s1. The predicted molar refractivity (Wildman–Crippen MR) is 94.3 cm³/mol. The van der Waals surface area contributed by atoms with E-state index in [0.29, 0.717) is 44.0 Å². The lowest BCUT2D eigenvalue weighted by atomic mass is 9.95. The number of rotatable bonds is 7. The van der Waals surface area contributed by atoms with Gasteiger partial charge in [-0.2, -0.15) is 0 Å². The quantitative estimate of drug-likeness (QED) is 0.763. The summed E-state index contributed by atoms with van der Waals surface area (Å²) in [5, 5.41) is 2.95. The maximum Gasteiger partial charge on any atom is 0.237 e. The Kier molecular flexibility index (Phi) is 6.64. The van der Waals surface area contributed by atoms with Crippen LogP contribution in [0.25, 0.3) is 0 Å². The van der Waals surface area contributed by atoms with Crippen molar-refractivity contribution in [3.8, 4) is 11.5 Å². The lowest BCUT2D eigenvalue weighted by Gasteiger charge is -2.34. The number of ether oxygens (including phenoxy) is 2. The van der Waals surface area contributed by atoms with Crippen molar-refractivity contribution >= 4 is 11.8 Å². The number of carbonyl (C=O) groups excluding carboxylic acids is 2. The Hall–Kier alpha value is -2.28. The number of methoxy groups -OCH3 is 2. The first-order valence-corrected chi connectivity index (χ1v) is 8.48. The van der Waals surface area contributed by atoms with Crippen molar-refractivity contribution in [3.63, 3.8) is 0 Å². The molecule has 1 fully saturated rings. The van der Waals surface area contributed by atoms with Gasteiger partial charge in [0.2, 0.25) is 11.8 Å². The highest BCUT2D eigenvalue weighted by molar-refractivity contribution is 5.81. The molecule has 1 heterocycles. The second-order valence-corrected chi connectivity index (χ2v) is 6.30. The first-order valence-electron chi connectivity index (χ1n) is 8.48. The van der Waals surface area contributed by atoms with Gasteiger partial charge in [-0.3, -0.25) is 14.5 Å². The molecule has 1 saturated heterocycles. The number of nitrogens with one attached hydrogen (secondary N) is 1. The molecule has 25 heavy (non-hydrogen) atoms. The average molecular weight is 349 g/mol. The lowest BCUT2D eigenvalue weighted by Crippen LogP contribution is -2.49. The minimum Gasteiger partial charge on any atom is -0.493 e. The molecule has 1 aliphatic heterocycles.